The number of hydrogen-bond acceptors (Lipinski definition) is 4. The molecule has 0 unspecified atom stereocenters. The van der Waals surface area contributed by atoms with Gasteiger partial charge in [0.15, 0.2) is 5.82 Å². The molecule has 1 saturated carbocycles. The lowest BCUT2D eigenvalue weighted by Crippen LogP contribution is -2.27. The molecule has 3 aromatic rings. The van der Waals surface area contributed by atoms with Crippen molar-refractivity contribution in [1.29, 1.82) is 0 Å². The van der Waals surface area contributed by atoms with E-state index in [0.29, 0.717) is 35.5 Å². The molecule has 0 spiro atoms. The molecule has 0 amide bonds. The first-order valence-electron chi connectivity index (χ1n) is 9.89. The first-order valence-corrected chi connectivity index (χ1v) is 9.89. The molecule has 1 fully saturated rings. The van der Waals surface area contributed by atoms with E-state index in [1.807, 2.05) is 54.9 Å². The van der Waals surface area contributed by atoms with Crippen molar-refractivity contribution < 1.29 is 19.4 Å². The summed E-state index contributed by atoms with van der Waals surface area (Å²) in [6.07, 6.45) is 2.75. The zero-order valence-electron chi connectivity index (χ0n) is 16.6. The summed E-state index contributed by atoms with van der Waals surface area (Å²) >= 11 is 0. The fourth-order valence-corrected chi connectivity index (χ4v) is 3.99. The lowest BCUT2D eigenvalue weighted by molar-refractivity contribution is -0.143. The van der Waals surface area contributed by atoms with Gasteiger partial charge < -0.3 is 14.4 Å². The number of imidazole rings is 1. The maximum atomic E-state index is 12.9. The van der Waals surface area contributed by atoms with E-state index in [0.717, 1.165) is 23.9 Å². The Morgan fingerprint density at radius 3 is 2.55 bits per heavy atom. The largest absolute Gasteiger partial charge is 0.490 e. The Labute approximate surface area is 169 Å². The second-order valence-corrected chi connectivity index (χ2v) is 7.77. The molecule has 0 aliphatic heterocycles. The third-order valence-electron chi connectivity index (χ3n) is 5.66. The zero-order valence-corrected chi connectivity index (χ0v) is 16.6. The number of carbonyl (C=O) groups is 2. The molecule has 1 aromatic heterocycles. The predicted molar refractivity (Wildman–Crippen MR) is 109 cm³/mol. The number of carbonyl (C=O) groups excluding carboxylic acids is 1. The highest BCUT2D eigenvalue weighted by Gasteiger charge is 2.27. The molecular weight excluding hydrogens is 368 g/mol. The average Bonchev–Trinajstić information content (AvgIpc) is 3.04. The van der Waals surface area contributed by atoms with Crippen LogP contribution in [0.4, 0.5) is 0 Å². The summed E-state index contributed by atoms with van der Waals surface area (Å²) in [4.78, 5) is 28.6. The molecule has 6 nitrogen and oxygen atoms in total. The number of aryl methyl sites for hydroxylation is 2. The Morgan fingerprint density at radius 2 is 1.86 bits per heavy atom. The van der Waals surface area contributed by atoms with Crippen molar-refractivity contribution in [2.75, 3.05) is 0 Å². The molecule has 1 aliphatic carbocycles. The highest BCUT2D eigenvalue weighted by atomic mass is 16.5. The van der Waals surface area contributed by atoms with Crippen molar-refractivity contribution in [3.8, 4) is 5.75 Å². The highest BCUT2D eigenvalue weighted by Crippen LogP contribution is 2.29. The summed E-state index contributed by atoms with van der Waals surface area (Å²) in [6.45, 7) is 1.96. The fraction of sp³-hybridized carbons (Fsp3) is 0.348. The minimum Gasteiger partial charge on any atom is -0.490 e. The van der Waals surface area contributed by atoms with Gasteiger partial charge in [-0.15, -0.1) is 0 Å². The third kappa shape index (κ3) is 3.88. The van der Waals surface area contributed by atoms with Crippen LogP contribution in [0.5, 0.6) is 5.75 Å². The maximum absolute atomic E-state index is 12.9. The van der Waals surface area contributed by atoms with Crippen LogP contribution in [-0.2, 0) is 11.8 Å². The van der Waals surface area contributed by atoms with Gasteiger partial charge in [-0.2, -0.15) is 0 Å². The normalized spacial score (nSPS) is 19.2. The van der Waals surface area contributed by atoms with Gasteiger partial charge in [0.05, 0.1) is 23.1 Å². The summed E-state index contributed by atoms with van der Waals surface area (Å²) in [6, 6.07) is 13.1. The zero-order chi connectivity index (χ0) is 20.5. The molecule has 0 saturated heterocycles. The Hall–Kier alpha value is -3.15. The van der Waals surface area contributed by atoms with E-state index >= 15 is 0 Å². The minimum absolute atomic E-state index is 0.0140. The van der Waals surface area contributed by atoms with Crippen LogP contribution in [0, 0.1) is 12.8 Å². The summed E-state index contributed by atoms with van der Waals surface area (Å²) < 4.78 is 7.88. The minimum atomic E-state index is -0.718. The van der Waals surface area contributed by atoms with Crippen LogP contribution in [-0.4, -0.2) is 32.5 Å². The number of hydrogen-bond donors (Lipinski definition) is 1. The topological polar surface area (TPSA) is 81.4 Å². The lowest BCUT2D eigenvalue weighted by Gasteiger charge is -2.26. The molecule has 0 radical (unpaired) electrons. The van der Waals surface area contributed by atoms with Crippen molar-refractivity contribution in [2.45, 2.75) is 38.7 Å². The maximum Gasteiger partial charge on any atom is 0.306 e. The van der Waals surface area contributed by atoms with Crippen molar-refractivity contribution in [1.82, 2.24) is 9.55 Å². The molecule has 0 bridgehead atoms. The SMILES string of the molecule is Cc1cccc(C(=O)c2nc3cc(O[C@H]4CC[C@@H](C(=O)O)CC4)ccc3n2C)c1. The summed E-state index contributed by atoms with van der Waals surface area (Å²) in [5, 5.41) is 9.12. The first kappa shape index (κ1) is 19.2. The molecule has 4 rings (SSSR count). The third-order valence-corrected chi connectivity index (χ3v) is 5.66. The number of fused-ring (bicyclic) bond motifs is 1. The van der Waals surface area contributed by atoms with Crippen LogP contribution >= 0.6 is 0 Å². The van der Waals surface area contributed by atoms with Crippen LogP contribution < -0.4 is 4.74 Å². The van der Waals surface area contributed by atoms with Crippen LogP contribution in [0.2, 0.25) is 0 Å². The number of aliphatic carboxylic acids is 1. The highest BCUT2D eigenvalue weighted by molar-refractivity contribution is 6.08. The quantitative estimate of drug-likeness (QED) is 0.660. The van der Waals surface area contributed by atoms with Crippen molar-refractivity contribution >= 4 is 22.8 Å². The van der Waals surface area contributed by atoms with Gasteiger partial charge in [0.2, 0.25) is 5.78 Å². The van der Waals surface area contributed by atoms with Gasteiger partial charge in [0.25, 0.3) is 0 Å². The number of benzene rings is 2. The van der Waals surface area contributed by atoms with Crippen LogP contribution in [0.25, 0.3) is 11.0 Å². The van der Waals surface area contributed by atoms with E-state index in [2.05, 4.69) is 4.98 Å². The number of ketones is 1. The molecule has 1 heterocycles. The monoisotopic (exact) mass is 392 g/mol. The van der Waals surface area contributed by atoms with E-state index in [4.69, 9.17) is 9.84 Å². The van der Waals surface area contributed by atoms with Gasteiger partial charge >= 0.3 is 5.97 Å². The number of ether oxygens (including phenoxy) is 1. The second-order valence-electron chi connectivity index (χ2n) is 7.77. The standard InChI is InChI=1S/C23H24N2O4/c1-14-4-3-5-16(12-14)21(26)22-24-19-13-18(10-11-20(19)25(22)2)29-17-8-6-15(7-9-17)23(27)28/h3-5,10-13,15,17H,6-9H2,1-2H3,(H,27,28)/t15-,17+. The van der Waals surface area contributed by atoms with Crippen molar-refractivity contribution in [3.63, 3.8) is 0 Å². The number of aromatic nitrogens is 2. The van der Waals surface area contributed by atoms with Crippen LogP contribution in [0.15, 0.2) is 42.5 Å². The molecule has 6 heteroatoms. The van der Waals surface area contributed by atoms with Gasteiger partial charge in [-0.05, 0) is 50.8 Å². The van der Waals surface area contributed by atoms with Gasteiger partial charge in [-0.3, -0.25) is 9.59 Å². The number of nitrogens with zero attached hydrogens (tertiary/aromatic N) is 2. The Bertz CT molecular complexity index is 1080. The van der Waals surface area contributed by atoms with Crippen LogP contribution in [0.3, 0.4) is 0 Å². The number of rotatable bonds is 5. The van der Waals surface area contributed by atoms with E-state index in [9.17, 15) is 9.59 Å². The number of carboxylic acids is 1. The van der Waals surface area contributed by atoms with Gasteiger partial charge in [0, 0.05) is 18.7 Å². The van der Waals surface area contributed by atoms with Gasteiger partial charge in [-0.1, -0.05) is 23.8 Å². The first-order chi connectivity index (χ1) is 13.9. The molecule has 1 aliphatic rings. The fourth-order valence-electron chi connectivity index (χ4n) is 3.99. The Morgan fingerprint density at radius 1 is 1.10 bits per heavy atom. The summed E-state index contributed by atoms with van der Waals surface area (Å²) in [7, 11) is 1.84. The Balaban J connectivity index is 1.54. The lowest BCUT2D eigenvalue weighted by atomic mass is 9.87. The molecular formula is C23H24N2O4. The smallest absolute Gasteiger partial charge is 0.306 e. The van der Waals surface area contributed by atoms with Crippen molar-refractivity contribution in [2.24, 2.45) is 13.0 Å². The predicted octanol–water partition coefficient (Wildman–Crippen LogP) is 4.13. The molecule has 150 valence electrons. The average molecular weight is 392 g/mol. The van der Waals surface area contributed by atoms with Gasteiger partial charge in [0.1, 0.15) is 5.75 Å². The molecule has 0 atom stereocenters. The van der Waals surface area contributed by atoms with Crippen molar-refractivity contribution in [3.05, 3.63) is 59.4 Å². The number of carboxylic acid groups (broad SMARTS) is 1. The van der Waals surface area contributed by atoms with E-state index in [1.54, 1.807) is 6.07 Å². The summed E-state index contributed by atoms with van der Waals surface area (Å²) in [5.41, 5.74) is 3.22. The van der Waals surface area contributed by atoms with Crippen LogP contribution in [0.1, 0.15) is 47.4 Å². The summed E-state index contributed by atoms with van der Waals surface area (Å²) in [5.74, 6) is 0.00276. The van der Waals surface area contributed by atoms with E-state index < -0.39 is 5.97 Å². The molecule has 29 heavy (non-hydrogen) atoms. The Kier molecular flexibility index (Phi) is 5.09. The molecule has 1 N–H and O–H groups in total. The van der Waals surface area contributed by atoms with E-state index in [-0.39, 0.29) is 17.8 Å². The molecule has 2 aromatic carbocycles. The van der Waals surface area contributed by atoms with Gasteiger partial charge in [-0.25, -0.2) is 4.98 Å². The van der Waals surface area contributed by atoms with E-state index in [1.165, 1.54) is 0 Å². The second kappa shape index (κ2) is 7.70.